The van der Waals surface area contributed by atoms with Crippen molar-refractivity contribution in [3.63, 3.8) is 0 Å². The zero-order chi connectivity index (χ0) is 22.1. The van der Waals surface area contributed by atoms with Gasteiger partial charge in [0.2, 0.25) is 17.7 Å². The first kappa shape index (κ1) is 23.8. The van der Waals surface area contributed by atoms with E-state index in [0.29, 0.717) is 19.6 Å². The minimum Gasteiger partial charge on any atom is -0.355 e. The van der Waals surface area contributed by atoms with Crippen molar-refractivity contribution in [2.75, 3.05) is 64.7 Å². The van der Waals surface area contributed by atoms with Gasteiger partial charge in [0, 0.05) is 45.5 Å². The van der Waals surface area contributed by atoms with Gasteiger partial charge in [0.1, 0.15) is 0 Å². The average molecular weight is 418 g/mol. The molecule has 1 aliphatic heterocycles. The van der Waals surface area contributed by atoms with Crippen LogP contribution >= 0.6 is 0 Å². The number of carbonyl (C=O) groups excluding carboxylic acids is 3. The third kappa shape index (κ3) is 7.42. The molecule has 0 aromatic heterocycles. The van der Waals surface area contributed by atoms with E-state index in [1.54, 1.807) is 7.05 Å². The number of carbonyl (C=O) groups is 3. The molecule has 30 heavy (non-hydrogen) atoms. The van der Waals surface area contributed by atoms with Gasteiger partial charge in [-0.05, 0) is 31.4 Å². The van der Waals surface area contributed by atoms with Crippen LogP contribution in [0.5, 0.6) is 0 Å². The average Bonchev–Trinajstić information content (AvgIpc) is 2.70. The number of hydrogen-bond acceptors (Lipinski definition) is 5. The first-order valence-electron chi connectivity index (χ1n) is 10.6. The third-order valence-corrected chi connectivity index (χ3v) is 5.32. The van der Waals surface area contributed by atoms with Crippen LogP contribution in [0.3, 0.4) is 0 Å². The van der Waals surface area contributed by atoms with Crippen molar-refractivity contribution in [1.82, 2.24) is 20.0 Å². The molecule has 166 valence electrons. The first-order valence-corrected chi connectivity index (χ1v) is 10.6. The second-order valence-corrected chi connectivity index (χ2v) is 7.97. The summed E-state index contributed by atoms with van der Waals surface area (Å²) in [6.07, 6.45) is 0.871. The minimum atomic E-state index is -0.132. The standard InChI is InChI=1S/C22H35N5O3/c1-5-9-23-19(28)14-25(4)21(30)16-27-12-10-26(11-13-27)15-20(29)24-22-17(2)7-6-8-18(22)3/h6-8H,5,9-16H2,1-4H3,(H,23,28)(H,24,29). The lowest BCUT2D eigenvalue weighted by molar-refractivity contribution is -0.136. The molecular formula is C22H35N5O3. The summed E-state index contributed by atoms with van der Waals surface area (Å²) >= 11 is 0. The topological polar surface area (TPSA) is 85.0 Å². The zero-order valence-electron chi connectivity index (χ0n) is 18.7. The number of rotatable bonds is 9. The van der Waals surface area contributed by atoms with Crippen molar-refractivity contribution in [1.29, 1.82) is 0 Å². The number of nitrogens with zero attached hydrogens (tertiary/aromatic N) is 3. The molecule has 1 saturated heterocycles. The van der Waals surface area contributed by atoms with Crippen LogP contribution in [0.2, 0.25) is 0 Å². The second-order valence-electron chi connectivity index (χ2n) is 7.97. The zero-order valence-corrected chi connectivity index (χ0v) is 18.7. The van der Waals surface area contributed by atoms with Gasteiger partial charge in [0.25, 0.3) is 0 Å². The van der Waals surface area contributed by atoms with Gasteiger partial charge in [-0.3, -0.25) is 24.2 Å². The van der Waals surface area contributed by atoms with Crippen molar-refractivity contribution in [2.24, 2.45) is 0 Å². The van der Waals surface area contributed by atoms with Crippen molar-refractivity contribution in [3.8, 4) is 0 Å². The van der Waals surface area contributed by atoms with Crippen molar-refractivity contribution < 1.29 is 14.4 Å². The van der Waals surface area contributed by atoms with Crippen LogP contribution < -0.4 is 10.6 Å². The Bertz CT molecular complexity index is 724. The molecule has 2 rings (SSSR count). The smallest absolute Gasteiger partial charge is 0.239 e. The highest BCUT2D eigenvalue weighted by Crippen LogP contribution is 2.19. The molecule has 1 aliphatic rings. The minimum absolute atomic E-state index is 0.0187. The van der Waals surface area contributed by atoms with E-state index >= 15 is 0 Å². The summed E-state index contributed by atoms with van der Waals surface area (Å²) in [5.41, 5.74) is 3.00. The lowest BCUT2D eigenvalue weighted by atomic mass is 10.1. The summed E-state index contributed by atoms with van der Waals surface area (Å²) in [5, 5.41) is 5.80. The lowest BCUT2D eigenvalue weighted by Crippen LogP contribution is -2.51. The third-order valence-electron chi connectivity index (χ3n) is 5.32. The molecule has 0 saturated carbocycles. The van der Waals surface area contributed by atoms with Crippen LogP contribution in [-0.4, -0.2) is 91.8 Å². The van der Waals surface area contributed by atoms with E-state index in [-0.39, 0.29) is 24.3 Å². The van der Waals surface area contributed by atoms with Crippen LogP contribution in [0.1, 0.15) is 24.5 Å². The van der Waals surface area contributed by atoms with Crippen LogP contribution in [0, 0.1) is 13.8 Å². The molecule has 1 heterocycles. The predicted molar refractivity (Wildman–Crippen MR) is 118 cm³/mol. The van der Waals surface area contributed by atoms with Crippen LogP contribution in [0.25, 0.3) is 0 Å². The van der Waals surface area contributed by atoms with Crippen LogP contribution in [0.4, 0.5) is 5.69 Å². The molecule has 1 fully saturated rings. The highest BCUT2D eigenvalue weighted by Gasteiger charge is 2.22. The molecule has 0 radical (unpaired) electrons. The fourth-order valence-corrected chi connectivity index (χ4v) is 3.44. The maximum atomic E-state index is 12.4. The van der Waals surface area contributed by atoms with Gasteiger partial charge in [-0.2, -0.15) is 0 Å². The number of benzene rings is 1. The van der Waals surface area contributed by atoms with Gasteiger partial charge in [-0.15, -0.1) is 0 Å². The normalized spacial score (nSPS) is 14.9. The number of piperazine rings is 1. The highest BCUT2D eigenvalue weighted by atomic mass is 16.2. The number of aryl methyl sites for hydroxylation is 2. The van der Waals surface area contributed by atoms with Gasteiger partial charge < -0.3 is 15.5 Å². The Morgan fingerprint density at radius 3 is 2.10 bits per heavy atom. The summed E-state index contributed by atoms with van der Waals surface area (Å²) < 4.78 is 0. The molecule has 8 nitrogen and oxygen atoms in total. The molecule has 1 aromatic carbocycles. The lowest BCUT2D eigenvalue weighted by Gasteiger charge is -2.34. The van der Waals surface area contributed by atoms with E-state index in [4.69, 9.17) is 0 Å². The molecule has 8 heteroatoms. The predicted octanol–water partition coefficient (Wildman–Crippen LogP) is 0.844. The molecule has 2 N–H and O–H groups in total. The SMILES string of the molecule is CCCNC(=O)CN(C)C(=O)CN1CCN(CC(=O)Nc2c(C)cccc2C)CC1. The summed E-state index contributed by atoms with van der Waals surface area (Å²) in [7, 11) is 1.65. The number of nitrogens with one attached hydrogen (secondary N) is 2. The Kier molecular flexibility index (Phi) is 9.26. The fourth-order valence-electron chi connectivity index (χ4n) is 3.44. The quantitative estimate of drug-likeness (QED) is 0.622. The summed E-state index contributed by atoms with van der Waals surface area (Å²) in [6.45, 7) is 10.2. The van der Waals surface area contributed by atoms with Gasteiger partial charge in [0.05, 0.1) is 19.6 Å². The number of amides is 3. The Morgan fingerprint density at radius 2 is 1.53 bits per heavy atom. The van der Waals surface area contributed by atoms with Crippen molar-refractivity contribution in [3.05, 3.63) is 29.3 Å². The summed E-state index contributed by atoms with van der Waals surface area (Å²) in [4.78, 5) is 42.2. The van der Waals surface area contributed by atoms with Crippen LogP contribution in [0.15, 0.2) is 18.2 Å². The van der Waals surface area contributed by atoms with Gasteiger partial charge in [-0.1, -0.05) is 25.1 Å². The van der Waals surface area contributed by atoms with E-state index < -0.39 is 0 Å². The van der Waals surface area contributed by atoms with E-state index in [9.17, 15) is 14.4 Å². The van der Waals surface area contributed by atoms with Crippen molar-refractivity contribution in [2.45, 2.75) is 27.2 Å². The Morgan fingerprint density at radius 1 is 0.967 bits per heavy atom. The maximum Gasteiger partial charge on any atom is 0.239 e. The van der Waals surface area contributed by atoms with E-state index in [1.807, 2.05) is 39.0 Å². The number of hydrogen-bond donors (Lipinski definition) is 2. The molecule has 0 unspecified atom stereocenters. The second kappa shape index (κ2) is 11.7. The Labute approximate surface area is 179 Å². The number of para-hydroxylation sites is 1. The summed E-state index contributed by atoms with van der Waals surface area (Å²) in [6, 6.07) is 5.96. The fraction of sp³-hybridized carbons (Fsp3) is 0.591. The molecule has 0 atom stereocenters. The monoisotopic (exact) mass is 417 g/mol. The van der Waals surface area contributed by atoms with Crippen molar-refractivity contribution >= 4 is 23.4 Å². The highest BCUT2D eigenvalue weighted by molar-refractivity contribution is 5.93. The maximum absolute atomic E-state index is 12.4. The summed E-state index contributed by atoms with van der Waals surface area (Å²) in [5.74, 6) is -0.218. The molecule has 0 spiro atoms. The molecule has 3 amide bonds. The Balaban J connectivity index is 1.72. The Hall–Kier alpha value is -2.45. The molecule has 0 bridgehead atoms. The molecular weight excluding hydrogens is 382 g/mol. The number of likely N-dealkylation sites (N-methyl/N-ethyl adjacent to an activating group) is 1. The van der Waals surface area contributed by atoms with Gasteiger partial charge >= 0.3 is 0 Å². The number of anilines is 1. The first-order chi connectivity index (χ1) is 14.3. The molecule has 0 aliphatic carbocycles. The van der Waals surface area contributed by atoms with Gasteiger partial charge in [0.15, 0.2) is 0 Å². The van der Waals surface area contributed by atoms with Crippen LogP contribution in [-0.2, 0) is 14.4 Å². The van der Waals surface area contributed by atoms with E-state index in [2.05, 4.69) is 20.4 Å². The molecule has 1 aromatic rings. The van der Waals surface area contributed by atoms with Gasteiger partial charge in [-0.25, -0.2) is 0 Å². The van der Waals surface area contributed by atoms with E-state index in [0.717, 1.165) is 49.4 Å². The largest absolute Gasteiger partial charge is 0.355 e. The van der Waals surface area contributed by atoms with E-state index in [1.165, 1.54) is 4.90 Å².